The molecule has 2 aliphatic rings. The van der Waals surface area contributed by atoms with Crippen molar-refractivity contribution in [1.82, 2.24) is 5.01 Å². The second-order valence-corrected chi connectivity index (χ2v) is 11.9. The van der Waals surface area contributed by atoms with Gasteiger partial charge in [0.1, 0.15) is 0 Å². The van der Waals surface area contributed by atoms with E-state index in [1.807, 2.05) is 42.5 Å². The van der Waals surface area contributed by atoms with E-state index in [0.29, 0.717) is 34.9 Å². The predicted molar refractivity (Wildman–Crippen MR) is 147 cm³/mol. The average Bonchev–Trinajstić information content (AvgIpc) is 3.36. The van der Waals surface area contributed by atoms with E-state index in [1.165, 1.54) is 5.01 Å². The van der Waals surface area contributed by atoms with Crippen molar-refractivity contribution in [1.29, 1.82) is 5.26 Å². The topological polar surface area (TPSA) is 92.0 Å². The molecule has 0 bridgehead atoms. The Morgan fingerprint density at radius 2 is 1.92 bits per heavy atom. The van der Waals surface area contributed by atoms with E-state index in [9.17, 15) is 9.59 Å². The SMILES string of the molecule is N#C[Se]CCOc1ccc2c(c1)OC(=O)C(C(=O)N1N=C(c3ccc(Cl)cc3)CC1c1ccc(Br)cc1)C2. The molecule has 0 N–H and O–H groups in total. The van der Waals surface area contributed by atoms with Crippen LogP contribution >= 0.6 is 27.5 Å². The second kappa shape index (κ2) is 11.7. The maximum absolute atomic E-state index is 13.8. The van der Waals surface area contributed by atoms with Gasteiger partial charge in [-0.3, -0.25) is 0 Å². The molecule has 1 amide bonds. The van der Waals surface area contributed by atoms with Crippen LogP contribution in [-0.4, -0.2) is 44.2 Å². The molecule has 2 atom stereocenters. The molecular weight excluding hydrogens is 637 g/mol. The van der Waals surface area contributed by atoms with Gasteiger partial charge in [-0.2, -0.15) is 0 Å². The van der Waals surface area contributed by atoms with Crippen molar-refractivity contribution in [3.05, 3.63) is 92.9 Å². The van der Waals surface area contributed by atoms with Crippen LogP contribution in [0.25, 0.3) is 0 Å². The number of hydrogen-bond donors (Lipinski definition) is 0. The van der Waals surface area contributed by atoms with Crippen LogP contribution in [0.3, 0.4) is 0 Å². The summed E-state index contributed by atoms with van der Waals surface area (Å²) in [6.07, 6.45) is 0.710. The fourth-order valence-corrected chi connectivity index (χ4v) is 5.37. The summed E-state index contributed by atoms with van der Waals surface area (Å²) in [4.78, 5) is 29.0. The molecule has 2 aliphatic heterocycles. The van der Waals surface area contributed by atoms with Crippen LogP contribution in [0.1, 0.15) is 29.2 Å². The van der Waals surface area contributed by atoms with Crippen molar-refractivity contribution in [3.63, 3.8) is 0 Å². The van der Waals surface area contributed by atoms with Crippen LogP contribution < -0.4 is 9.47 Å². The Morgan fingerprint density at radius 1 is 1.16 bits per heavy atom. The van der Waals surface area contributed by atoms with Gasteiger partial charge in [0.2, 0.25) is 0 Å². The molecule has 2 heterocycles. The van der Waals surface area contributed by atoms with Crippen LogP contribution in [0.2, 0.25) is 10.3 Å². The van der Waals surface area contributed by atoms with Crippen LogP contribution in [0.4, 0.5) is 0 Å². The number of esters is 1. The van der Waals surface area contributed by atoms with Gasteiger partial charge in [0.05, 0.1) is 5.71 Å². The van der Waals surface area contributed by atoms with Crippen molar-refractivity contribution < 1.29 is 19.1 Å². The fourth-order valence-electron chi connectivity index (χ4n) is 4.44. The molecule has 192 valence electrons. The zero-order valence-electron chi connectivity index (χ0n) is 20.0. The van der Waals surface area contributed by atoms with Crippen molar-refractivity contribution in [2.24, 2.45) is 11.0 Å². The first-order chi connectivity index (χ1) is 18.4. The van der Waals surface area contributed by atoms with Gasteiger partial charge in [0.15, 0.2) is 0 Å². The first-order valence-corrected chi connectivity index (χ1v) is 15.1. The maximum atomic E-state index is 13.8. The van der Waals surface area contributed by atoms with Gasteiger partial charge in [0, 0.05) is 15.9 Å². The molecule has 0 saturated carbocycles. The Morgan fingerprint density at radius 3 is 2.66 bits per heavy atom. The molecular formula is C28H21BrClN3O4Se. The third-order valence-corrected chi connectivity index (χ3v) is 8.17. The molecule has 0 aromatic heterocycles. The summed E-state index contributed by atoms with van der Waals surface area (Å²) in [7, 11) is 0. The summed E-state index contributed by atoms with van der Waals surface area (Å²) in [5, 5.41) is 16.1. The number of halogens is 2. The van der Waals surface area contributed by atoms with Crippen LogP contribution in [0.15, 0.2) is 76.3 Å². The summed E-state index contributed by atoms with van der Waals surface area (Å²) >= 11 is 9.41. The van der Waals surface area contributed by atoms with Crippen molar-refractivity contribution in [2.75, 3.05) is 6.61 Å². The van der Waals surface area contributed by atoms with Crippen molar-refractivity contribution >= 4 is 60.1 Å². The molecule has 38 heavy (non-hydrogen) atoms. The Labute approximate surface area is 239 Å². The van der Waals surface area contributed by atoms with Crippen LogP contribution in [0.5, 0.6) is 11.5 Å². The first kappa shape index (κ1) is 26.5. The summed E-state index contributed by atoms with van der Waals surface area (Å²) in [5.74, 6) is -1.09. The fraction of sp³-hybridized carbons (Fsp3) is 0.214. The summed E-state index contributed by atoms with van der Waals surface area (Å²) in [6, 6.07) is 20.0. The van der Waals surface area contributed by atoms with Crippen molar-refractivity contribution in [3.8, 4) is 16.5 Å². The van der Waals surface area contributed by atoms with E-state index in [4.69, 9.17) is 31.4 Å². The quantitative estimate of drug-likeness (QED) is 0.109. The minimum atomic E-state index is -1.01. The van der Waals surface area contributed by atoms with E-state index in [2.05, 4.69) is 20.9 Å². The molecule has 0 spiro atoms. The molecule has 3 aromatic carbocycles. The molecule has 3 aromatic rings. The summed E-state index contributed by atoms with van der Waals surface area (Å²) in [6.45, 7) is 0.418. The van der Waals surface area contributed by atoms with E-state index < -0.39 is 17.8 Å². The van der Waals surface area contributed by atoms with Crippen LogP contribution in [-0.2, 0) is 16.0 Å². The van der Waals surface area contributed by atoms with E-state index in [0.717, 1.165) is 26.9 Å². The number of hydrogen-bond acceptors (Lipinski definition) is 6. The van der Waals surface area contributed by atoms with Crippen molar-refractivity contribution in [2.45, 2.75) is 24.2 Å². The molecule has 0 saturated heterocycles. The third-order valence-electron chi connectivity index (χ3n) is 6.34. The molecule has 5 rings (SSSR count). The monoisotopic (exact) mass is 657 g/mol. The molecule has 0 aliphatic carbocycles. The number of benzene rings is 3. The number of hydrazone groups is 1. The molecule has 10 heteroatoms. The van der Waals surface area contributed by atoms with Gasteiger partial charge in [-0.25, -0.2) is 0 Å². The van der Waals surface area contributed by atoms with Gasteiger partial charge in [-0.05, 0) is 35.4 Å². The standard InChI is InChI=1S/C28H21BrClN3O4Se/c29-20-6-1-18(2-7-20)25-15-24(17-3-8-21(30)9-4-17)32-33(25)27(34)23-13-19-5-10-22(36-11-12-38-16-31)14-26(19)37-28(23)35/h1-10,14,23,25H,11-13,15H2. The van der Waals surface area contributed by atoms with Gasteiger partial charge in [-0.15, -0.1) is 0 Å². The number of fused-ring (bicyclic) bond motifs is 1. The zero-order valence-corrected chi connectivity index (χ0v) is 24.0. The molecule has 2 unspecified atom stereocenters. The van der Waals surface area contributed by atoms with Gasteiger partial charge in [-0.1, -0.05) is 51.8 Å². The Hall–Kier alpha value is -3.15. The van der Waals surface area contributed by atoms with Crippen LogP contribution in [0, 0.1) is 16.1 Å². The minimum absolute atomic E-state index is 0.117. The zero-order chi connectivity index (χ0) is 26.6. The Bertz CT molecular complexity index is 1440. The van der Waals surface area contributed by atoms with Gasteiger partial charge in [0.25, 0.3) is 0 Å². The Kier molecular flexibility index (Phi) is 8.15. The van der Waals surface area contributed by atoms with E-state index in [-0.39, 0.29) is 27.4 Å². The number of nitriles is 1. The first-order valence-electron chi connectivity index (χ1n) is 11.8. The average molecular weight is 658 g/mol. The summed E-state index contributed by atoms with van der Waals surface area (Å²) < 4.78 is 12.2. The number of amides is 1. The third kappa shape index (κ3) is 5.79. The second-order valence-electron chi connectivity index (χ2n) is 8.74. The van der Waals surface area contributed by atoms with Gasteiger partial charge < -0.3 is 0 Å². The number of rotatable bonds is 7. The number of ether oxygens (including phenoxy) is 2. The van der Waals surface area contributed by atoms with E-state index in [1.54, 1.807) is 24.3 Å². The normalized spacial score (nSPS) is 18.3. The number of carbonyl (C=O) groups is 2. The Balaban J connectivity index is 1.39. The molecule has 0 fully saturated rings. The van der Waals surface area contributed by atoms with E-state index >= 15 is 0 Å². The summed E-state index contributed by atoms with van der Waals surface area (Å²) in [5.41, 5.74) is 3.27. The van der Waals surface area contributed by atoms with Gasteiger partial charge >= 0.3 is 132 Å². The molecule has 7 nitrogen and oxygen atoms in total. The number of nitrogens with zero attached hydrogens (tertiary/aromatic N) is 3. The molecule has 0 radical (unpaired) electrons. The predicted octanol–water partition coefficient (Wildman–Crippen LogP) is 5.54. The number of carbonyl (C=O) groups excluding carboxylic acids is 2.